The minimum absolute atomic E-state index is 0.0195. The van der Waals surface area contributed by atoms with Crippen LogP contribution in [0.4, 0.5) is 0 Å². The van der Waals surface area contributed by atoms with Gasteiger partial charge in [0.1, 0.15) is 0 Å². The van der Waals surface area contributed by atoms with E-state index in [0.717, 1.165) is 42.8 Å². The van der Waals surface area contributed by atoms with E-state index in [1.165, 1.54) is 11.3 Å². The van der Waals surface area contributed by atoms with Crippen LogP contribution in [0.25, 0.3) is 0 Å². The van der Waals surface area contributed by atoms with Gasteiger partial charge in [0, 0.05) is 17.8 Å². The number of carbonyl (C=O) groups is 1. The van der Waals surface area contributed by atoms with Crippen LogP contribution in [0, 0.1) is 13.8 Å². The maximum Gasteiger partial charge on any atom is 0.240 e. The molecule has 1 saturated carbocycles. The number of aryl methyl sites for hydroxylation is 2. The molecule has 5 heteroatoms. The van der Waals surface area contributed by atoms with E-state index in [1.54, 1.807) is 11.3 Å². The molecule has 0 aromatic carbocycles. The molecule has 1 aromatic rings. The normalized spacial score (nSPS) is 18.3. The van der Waals surface area contributed by atoms with Gasteiger partial charge in [-0.2, -0.15) is 0 Å². The van der Waals surface area contributed by atoms with E-state index in [-0.39, 0.29) is 5.91 Å². The highest BCUT2D eigenvalue weighted by Gasteiger charge is 2.34. The zero-order valence-corrected chi connectivity index (χ0v) is 12.6. The number of carbonyl (C=O) groups excluding carboxylic acids is 1. The molecular formula is C14H23N3OS. The number of nitrogens with two attached hydrogens (primary N) is 1. The molecule has 0 aliphatic heterocycles. The molecule has 0 radical (unpaired) electrons. The van der Waals surface area contributed by atoms with E-state index in [1.807, 2.05) is 13.8 Å². The molecule has 2 rings (SSSR count). The van der Waals surface area contributed by atoms with Gasteiger partial charge in [0.15, 0.2) is 0 Å². The van der Waals surface area contributed by atoms with Crippen molar-refractivity contribution < 1.29 is 4.79 Å². The van der Waals surface area contributed by atoms with Gasteiger partial charge in [0.25, 0.3) is 0 Å². The lowest BCUT2D eigenvalue weighted by molar-refractivity contribution is -0.127. The highest BCUT2D eigenvalue weighted by atomic mass is 32.1. The summed E-state index contributed by atoms with van der Waals surface area (Å²) in [6, 6.07) is 0. The van der Waals surface area contributed by atoms with Gasteiger partial charge in [-0.05, 0) is 26.7 Å². The van der Waals surface area contributed by atoms with E-state index in [4.69, 9.17) is 5.73 Å². The molecule has 1 aromatic heterocycles. The maximum absolute atomic E-state index is 12.2. The summed E-state index contributed by atoms with van der Waals surface area (Å²) in [5.74, 6) is 0.0195. The van der Waals surface area contributed by atoms with E-state index in [9.17, 15) is 4.79 Å². The summed E-state index contributed by atoms with van der Waals surface area (Å²) in [4.78, 5) is 17.8. The summed E-state index contributed by atoms with van der Waals surface area (Å²) >= 11 is 1.71. The fraction of sp³-hybridized carbons (Fsp3) is 0.714. The zero-order chi connectivity index (χ0) is 13.9. The number of hydrogen-bond acceptors (Lipinski definition) is 4. The third-order valence-electron chi connectivity index (χ3n) is 3.84. The van der Waals surface area contributed by atoms with Gasteiger partial charge >= 0.3 is 0 Å². The molecule has 1 fully saturated rings. The van der Waals surface area contributed by atoms with E-state index in [2.05, 4.69) is 10.3 Å². The van der Waals surface area contributed by atoms with Crippen molar-refractivity contribution in [2.45, 2.75) is 57.9 Å². The molecule has 0 bridgehead atoms. The summed E-state index contributed by atoms with van der Waals surface area (Å²) in [6.45, 7) is 4.68. The minimum Gasteiger partial charge on any atom is -0.354 e. The standard InChI is InChI=1S/C14H23N3OS/c1-10-12(19-11(2)17-10)6-9-16-13(18)14(15)7-4-3-5-8-14/h3-9,15H2,1-2H3,(H,16,18). The molecule has 4 nitrogen and oxygen atoms in total. The molecular weight excluding hydrogens is 258 g/mol. The zero-order valence-electron chi connectivity index (χ0n) is 11.8. The molecule has 1 aliphatic rings. The fourth-order valence-electron chi connectivity index (χ4n) is 2.68. The maximum atomic E-state index is 12.2. The van der Waals surface area contributed by atoms with Crippen LogP contribution in [-0.2, 0) is 11.2 Å². The predicted molar refractivity (Wildman–Crippen MR) is 78.3 cm³/mol. The number of rotatable bonds is 4. The number of hydrogen-bond donors (Lipinski definition) is 2. The Balaban J connectivity index is 1.82. The molecule has 1 amide bonds. The van der Waals surface area contributed by atoms with Gasteiger partial charge in [-0.25, -0.2) is 4.98 Å². The van der Waals surface area contributed by atoms with Gasteiger partial charge < -0.3 is 11.1 Å². The van der Waals surface area contributed by atoms with Crippen LogP contribution in [0.2, 0.25) is 0 Å². The summed E-state index contributed by atoms with van der Waals surface area (Å²) in [5, 5.41) is 4.08. The van der Waals surface area contributed by atoms with E-state index < -0.39 is 5.54 Å². The third-order valence-corrected chi connectivity index (χ3v) is 4.97. The van der Waals surface area contributed by atoms with Crippen LogP contribution in [0.5, 0.6) is 0 Å². The van der Waals surface area contributed by atoms with Crippen molar-refractivity contribution in [2.24, 2.45) is 5.73 Å². The molecule has 0 atom stereocenters. The van der Waals surface area contributed by atoms with Crippen molar-refractivity contribution in [3.8, 4) is 0 Å². The fourth-order valence-corrected chi connectivity index (χ4v) is 3.62. The first-order valence-corrected chi connectivity index (χ1v) is 7.83. The lowest BCUT2D eigenvalue weighted by Gasteiger charge is -2.31. The number of thiazole rings is 1. The van der Waals surface area contributed by atoms with Crippen LogP contribution in [-0.4, -0.2) is 23.0 Å². The Kier molecular flexibility index (Phi) is 4.58. The molecule has 0 spiro atoms. The van der Waals surface area contributed by atoms with Crippen LogP contribution in [0.3, 0.4) is 0 Å². The number of nitrogens with zero attached hydrogens (tertiary/aromatic N) is 1. The first-order chi connectivity index (χ1) is 9.01. The quantitative estimate of drug-likeness (QED) is 0.888. The number of aromatic nitrogens is 1. The average molecular weight is 281 g/mol. The molecule has 106 valence electrons. The Morgan fingerprint density at radius 3 is 2.63 bits per heavy atom. The van der Waals surface area contributed by atoms with Crippen LogP contribution >= 0.6 is 11.3 Å². The first kappa shape index (κ1) is 14.5. The summed E-state index contributed by atoms with van der Waals surface area (Å²) in [6.07, 6.45) is 5.81. The Bertz CT molecular complexity index is 450. The van der Waals surface area contributed by atoms with Gasteiger partial charge in [0.05, 0.1) is 16.2 Å². The first-order valence-electron chi connectivity index (χ1n) is 7.01. The van der Waals surface area contributed by atoms with Crippen molar-refractivity contribution in [3.63, 3.8) is 0 Å². The third kappa shape index (κ3) is 3.54. The average Bonchev–Trinajstić information content (AvgIpc) is 2.69. The summed E-state index contributed by atoms with van der Waals surface area (Å²) in [5.41, 5.74) is 6.65. The van der Waals surface area contributed by atoms with Crippen molar-refractivity contribution in [1.82, 2.24) is 10.3 Å². The molecule has 0 saturated heterocycles. The number of nitrogens with one attached hydrogen (secondary N) is 1. The Morgan fingerprint density at radius 1 is 1.37 bits per heavy atom. The lowest BCUT2D eigenvalue weighted by Crippen LogP contribution is -2.55. The van der Waals surface area contributed by atoms with Gasteiger partial charge in [-0.3, -0.25) is 4.79 Å². The molecule has 3 N–H and O–H groups in total. The summed E-state index contributed by atoms with van der Waals surface area (Å²) < 4.78 is 0. The Morgan fingerprint density at radius 2 is 2.05 bits per heavy atom. The van der Waals surface area contributed by atoms with Gasteiger partial charge in [0.2, 0.25) is 5.91 Å². The Hall–Kier alpha value is -0.940. The van der Waals surface area contributed by atoms with Crippen LogP contribution in [0.15, 0.2) is 0 Å². The van der Waals surface area contributed by atoms with Crippen molar-refractivity contribution in [2.75, 3.05) is 6.54 Å². The van der Waals surface area contributed by atoms with E-state index in [0.29, 0.717) is 6.54 Å². The highest BCUT2D eigenvalue weighted by Crippen LogP contribution is 2.26. The Labute approximate surface area is 118 Å². The SMILES string of the molecule is Cc1nc(C)c(CCNC(=O)C2(N)CCCCC2)s1. The van der Waals surface area contributed by atoms with Crippen LogP contribution < -0.4 is 11.1 Å². The summed E-state index contributed by atoms with van der Waals surface area (Å²) in [7, 11) is 0. The van der Waals surface area contributed by atoms with Crippen LogP contribution in [0.1, 0.15) is 47.7 Å². The van der Waals surface area contributed by atoms with Gasteiger partial charge in [-0.1, -0.05) is 19.3 Å². The molecule has 1 heterocycles. The predicted octanol–water partition coefficient (Wildman–Crippen LogP) is 2.08. The topological polar surface area (TPSA) is 68.0 Å². The molecule has 0 unspecified atom stereocenters. The van der Waals surface area contributed by atoms with E-state index >= 15 is 0 Å². The molecule has 19 heavy (non-hydrogen) atoms. The van der Waals surface area contributed by atoms with Crippen molar-refractivity contribution in [1.29, 1.82) is 0 Å². The highest BCUT2D eigenvalue weighted by molar-refractivity contribution is 7.11. The lowest BCUT2D eigenvalue weighted by atomic mass is 9.82. The number of amides is 1. The second-order valence-electron chi connectivity index (χ2n) is 5.46. The largest absolute Gasteiger partial charge is 0.354 e. The minimum atomic E-state index is -0.628. The monoisotopic (exact) mass is 281 g/mol. The smallest absolute Gasteiger partial charge is 0.240 e. The van der Waals surface area contributed by atoms with Gasteiger partial charge in [-0.15, -0.1) is 11.3 Å². The second kappa shape index (κ2) is 6.01. The van der Waals surface area contributed by atoms with Crippen molar-refractivity contribution in [3.05, 3.63) is 15.6 Å². The second-order valence-corrected chi connectivity index (χ2v) is 6.75. The molecule has 1 aliphatic carbocycles. The van der Waals surface area contributed by atoms with Crippen molar-refractivity contribution >= 4 is 17.2 Å².